The molecule has 100 valence electrons. The molecular weight excluding hydrogens is 294 g/mol. The number of alkyl carbamates (subject to hydrolysis) is 1. The lowest BCUT2D eigenvalue weighted by atomic mass is 9.99. The van der Waals surface area contributed by atoms with Gasteiger partial charge in [-0.25, -0.2) is 18.0 Å². The smallest absolute Gasteiger partial charge is 0.408 e. The van der Waals surface area contributed by atoms with Gasteiger partial charge in [0.05, 0.1) is 0 Å². The number of halogens is 5. The van der Waals surface area contributed by atoms with Crippen LogP contribution in [0.25, 0.3) is 0 Å². The molecule has 0 saturated carbocycles. The number of carbonyl (C=O) groups is 1. The highest BCUT2D eigenvalue weighted by molar-refractivity contribution is 6.31. The van der Waals surface area contributed by atoms with Crippen molar-refractivity contribution in [1.82, 2.24) is 5.32 Å². The predicted octanol–water partition coefficient (Wildman–Crippen LogP) is 3.32. The number of rotatable bonds is 1. The van der Waals surface area contributed by atoms with Crippen molar-refractivity contribution in [3.05, 3.63) is 34.6 Å². The molecule has 0 unspecified atom stereocenters. The van der Waals surface area contributed by atoms with Gasteiger partial charge >= 0.3 is 12.0 Å². The van der Waals surface area contributed by atoms with E-state index in [0.29, 0.717) is 0 Å². The van der Waals surface area contributed by atoms with E-state index in [1.165, 1.54) is 12.1 Å². The molecule has 1 fully saturated rings. The van der Waals surface area contributed by atoms with Gasteiger partial charge in [0, 0.05) is 10.6 Å². The second-order valence-corrected chi connectivity index (χ2v) is 3.96. The Morgan fingerprint density at radius 1 is 1.44 bits per heavy atom. The van der Waals surface area contributed by atoms with Crippen LogP contribution in [0.5, 0.6) is 0 Å². The molecule has 1 amide bonds. The lowest BCUT2D eigenvalue weighted by Gasteiger charge is -2.32. The number of benzene rings is 1. The van der Waals surface area contributed by atoms with E-state index in [0.717, 1.165) is 6.07 Å². The topological polar surface area (TPSA) is 38.3 Å². The Labute approximate surface area is 112 Å². The molecule has 8 heteroatoms. The maximum atomic E-state index is 13.5. The number of nitrogens with one attached hydrogen (secondary N) is 1. The molecule has 1 aromatic carbocycles. The largest absolute Gasteiger partial charge is 0.443 e. The van der Waals surface area contributed by atoms with Crippen LogP contribution in [0.2, 0.25) is 5.02 Å². The first kappa shape index (κ1) is 14.9. The average Bonchev–Trinajstić information content (AvgIpc) is 2.23. The normalized spacial score (nSPS) is 21.6. The van der Waals surface area contributed by atoms with Gasteiger partial charge in [0.1, 0.15) is 11.9 Å². The maximum Gasteiger partial charge on any atom is 0.408 e. The minimum Gasteiger partial charge on any atom is -0.443 e. The lowest BCUT2D eigenvalue weighted by molar-refractivity contribution is -0.104. The van der Waals surface area contributed by atoms with Crippen LogP contribution in [0.1, 0.15) is 11.6 Å². The molecule has 1 aliphatic rings. The van der Waals surface area contributed by atoms with E-state index >= 15 is 0 Å². The van der Waals surface area contributed by atoms with Gasteiger partial charge in [-0.3, -0.25) is 0 Å². The van der Waals surface area contributed by atoms with E-state index < -0.39 is 36.0 Å². The van der Waals surface area contributed by atoms with Crippen LogP contribution >= 0.6 is 24.0 Å². The van der Waals surface area contributed by atoms with Crippen molar-refractivity contribution < 1.29 is 22.7 Å². The molecule has 2 rings (SSSR count). The lowest BCUT2D eigenvalue weighted by Crippen LogP contribution is -2.50. The van der Waals surface area contributed by atoms with Crippen molar-refractivity contribution in [2.75, 3.05) is 6.61 Å². The molecular formula is C10H8Cl2F3NO2. The minimum absolute atomic E-state index is 0. The summed E-state index contributed by atoms with van der Waals surface area (Å²) in [5, 5.41) is 1.70. The summed E-state index contributed by atoms with van der Waals surface area (Å²) in [7, 11) is 0. The van der Waals surface area contributed by atoms with Gasteiger partial charge in [-0.1, -0.05) is 17.7 Å². The Hall–Kier alpha value is -1.14. The molecule has 1 aromatic rings. The predicted molar refractivity (Wildman–Crippen MR) is 60.8 cm³/mol. The van der Waals surface area contributed by atoms with Crippen LogP contribution in [-0.2, 0) is 4.74 Å². The fraction of sp³-hybridized carbons (Fsp3) is 0.300. The van der Waals surface area contributed by atoms with E-state index in [1.807, 2.05) is 5.32 Å². The molecule has 3 nitrogen and oxygen atoms in total. The fourth-order valence-corrected chi connectivity index (χ4v) is 1.85. The second kappa shape index (κ2) is 5.24. The SMILES string of the molecule is Cl.O=C1N[C@H](c2c(F)cccc2Cl)C(F)(F)CO1. The van der Waals surface area contributed by atoms with E-state index in [-0.39, 0.29) is 17.4 Å². The Balaban J connectivity index is 0.00000162. The summed E-state index contributed by atoms with van der Waals surface area (Å²) >= 11 is 5.67. The number of hydrogen-bond acceptors (Lipinski definition) is 2. The second-order valence-electron chi connectivity index (χ2n) is 3.55. The Morgan fingerprint density at radius 3 is 2.72 bits per heavy atom. The van der Waals surface area contributed by atoms with Crippen LogP contribution in [0.3, 0.4) is 0 Å². The summed E-state index contributed by atoms with van der Waals surface area (Å²) in [4.78, 5) is 10.9. The molecule has 0 aromatic heterocycles. The molecule has 1 N–H and O–H groups in total. The third-order valence-electron chi connectivity index (χ3n) is 2.37. The molecule has 0 radical (unpaired) electrons. The number of amides is 1. The first-order chi connectivity index (χ1) is 7.92. The highest BCUT2D eigenvalue weighted by atomic mass is 35.5. The van der Waals surface area contributed by atoms with Crippen molar-refractivity contribution in [2.45, 2.75) is 12.0 Å². The van der Waals surface area contributed by atoms with Gasteiger partial charge in [0.25, 0.3) is 0 Å². The number of alkyl halides is 2. The zero-order valence-electron chi connectivity index (χ0n) is 8.75. The quantitative estimate of drug-likeness (QED) is 0.864. The number of carbonyl (C=O) groups excluding carboxylic acids is 1. The van der Waals surface area contributed by atoms with Crippen LogP contribution < -0.4 is 5.32 Å². The van der Waals surface area contributed by atoms with E-state index in [1.54, 1.807) is 0 Å². The van der Waals surface area contributed by atoms with Crippen molar-refractivity contribution >= 4 is 30.1 Å². The minimum atomic E-state index is -3.42. The third-order valence-corrected chi connectivity index (χ3v) is 2.70. The fourth-order valence-electron chi connectivity index (χ4n) is 1.58. The monoisotopic (exact) mass is 301 g/mol. The molecule has 0 bridgehead atoms. The van der Waals surface area contributed by atoms with E-state index in [2.05, 4.69) is 4.74 Å². The van der Waals surface area contributed by atoms with Gasteiger partial charge in [-0.2, -0.15) is 0 Å². The zero-order chi connectivity index (χ0) is 12.6. The number of cyclic esters (lactones) is 1. The van der Waals surface area contributed by atoms with Crippen molar-refractivity contribution in [2.24, 2.45) is 0 Å². The van der Waals surface area contributed by atoms with E-state index in [9.17, 15) is 18.0 Å². The Bertz CT molecular complexity index is 450. The number of hydrogen-bond donors (Lipinski definition) is 1. The summed E-state index contributed by atoms with van der Waals surface area (Å²) in [6.45, 7) is -1.10. The summed E-state index contributed by atoms with van der Waals surface area (Å²) < 4.78 is 44.7. The highest BCUT2D eigenvalue weighted by Crippen LogP contribution is 2.38. The van der Waals surface area contributed by atoms with Crippen LogP contribution in [0.4, 0.5) is 18.0 Å². The van der Waals surface area contributed by atoms with Crippen molar-refractivity contribution in [3.63, 3.8) is 0 Å². The van der Waals surface area contributed by atoms with Gasteiger partial charge in [-0.15, -0.1) is 12.4 Å². The average molecular weight is 302 g/mol. The summed E-state index contributed by atoms with van der Waals surface area (Å²) in [5.74, 6) is -4.32. The standard InChI is InChI=1S/C10H7ClF3NO2.ClH/c11-5-2-1-3-6(12)7(5)8-10(13,14)4-17-9(16)15-8;/h1-3,8H,4H2,(H,15,16);1H/t8-;/m1./s1. The van der Waals surface area contributed by atoms with Crippen LogP contribution in [-0.4, -0.2) is 18.6 Å². The van der Waals surface area contributed by atoms with Gasteiger partial charge in [0.15, 0.2) is 6.61 Å². The van der Waals surface area contributed by atoms with Gasteiger partial charge in [0.2, 0.25) is 0 Å². The molecule has 18 heavy (non-hydrogen) atoms. The number of ether oxygens (including phenoxy) is 1. The first-order valence-corrected chi connectivity index (χ1v) is 5.04. The molecule has 1 heterocycles. The molecule has 1 aliphatic heterocycles. The first-order valence-electron chi connectivity index (χ1n) is 4.67. The van der Waals surface area contributed by atoms with Crippen LogP contribution in [0.15, 0.2) is 18.2 Å². The van der Waals surface area contributed by atoms with Crippen LogP contribution in [0, 0.1) is 5.82 Å². The molecule has 0 spiro atoms. The molecule has 1 atom stereocenters. The Kier molecular flexibility index (Phi) is 4.34. The third kappa shape index (κ3) is 2.64. The molecule has 0 aliphatic carbocycles. The maximum absolute atomic E-state index is 13.5. The zero-order valence-corrected chi connectivity index (χ0v) is 10.3. The van der Waals surface area contributed by atoms with E-state index in [4.69, 9.17) is 11.6 Å². The molecule has 1 saturated heterocycles. The summed E-state index contributed by atoms with van der Waals surface area (Å²) in [6.07, 6.45) is -1.03. The van der Waals surface area contributed by atoms with Crippen molar-refractivity contribution in [3.8, 4) is 0 Å². The summed E-state index contributed by atoms with van der Waals surface area (Å²) in [5.41, 5.74) is -0.434. The van der Waals surface area contributed by atoms with Crippen molar-refractivity contribution in [1.29, 1.82) is 0 Å². The Morgan fingerprint density at radius 2 is 2.11 bits per heavy atom. The van der Waals surface area contributed by atoms with Gasteiger partial charge < -0.3 is 10.1 Å². The summed E-state index contributed by atoms with van der Waals surface area (Å²) in [6, 6.07) is 1.74. The van der Waals surface area contributed by atoms with Gasteiger partial charge in [-0.05, 0) is 12.1 Å². The highest BCUT2D eigenvalue weighted by Gasteiger charge is 2.48.